The van der Waals surface area contributed by atoms with E-state index >= 15 is 0 Å². The first-order chi connectivity index (χ1) is 17.1. The summed E-state index contributed by atoms with van der Waals surface area (Å²) >= 11 is 1.24. The molecule has 9 heteroatoms. The summed E-state index contributed by atoms with van der Waals surface area (Å²) in [6.45, 7) is 3.47. The van der Waals surface area contributed by atoms with E-state index in [4.69, 9.17) is 14.2 Å². The minimum Gasteiger partial charge on any atom is -0.507 e. The summed E-state index contributed by atoms with van der Waals surface area (Å²) in [5.41, 5.74) is 0.965. The molecule has 1 unspecified atom stereocenters. The lowest BCUT2D eigenvalue weighted by atomic mass is 9.95. The molecular weight excluding hydrogens is 468 g/mol. The second-order valence-electron chi connectivity index (χ2n) is 8.12. The Morgan fingerprint density at radius 1 is 1.17 bits per heavy atom. The van der Waals surface area contributed by atoms with E-state index in [2.05, 4.69) is 11.9 Å². The van der Waals surface area contributed by atoms with Crippen LogP contribution < -0.4 is 19.1 Å². The summed E-state index contributed by atoms with van der Waals surface area (Å²) in [4.78, 5) is 32.1. The molecule has 3 heterocycles. The standard InChI is InChI=1S/C26H24N2O6S/c1-2-3-10-32-18-6-4-5-16(14-18)22-21(24(30)25(31)28(22)26-27-9-13-35-26)23(29)17-7-8-19-20(15-17)34-12-11-33-19/h4-9,13-15,22,29H,2-3,10-12H2,1H3. The largest absolute Gasteiger partial charge is 0.507 e. The van der Waals surface area contributed by atoms with E-state index in [1.54, 1.807) is 41.9 Å². The second-order valence-corrected chi connectivity index (χ2v) is 8.99. The normalized spacial score (nSPS) is 18.7. The molecule has 1 saturated heterocycles. The van der Waals surface area contributed by atoms with Crippen molar-refractivity contribution in [3.05, 3.63) is 70.7 Å². The number of rotatable bonds is 7. The number of carbonyl (C=O) groups is 2. The van der Waals surface area contributed by atoms with Gasteiger partial charge in [-0.25, -0.2) is 4.98 Å². The fourth-order valence-corrected chi connectivity index (χ4v) is 4.80. The Morgan fingerprint density at radius 2 is 2.00 bits per heavy atom. The van der Waals surface area contributed by atoms with E-state index in [1.165, 1.54) is 16.2 Å². The smallest absolute Gasteiger partial charge is 0.301 e. The predicted octanol–water partition coefficient (Wildman–Crippen LogP) is 4.72. The van der Waals surface area contributed by atoms with Crippen molar-refractivity contribution < 1.29 is 28.9 Å². The Bertz CT molecular complexity index is 1290. The molecule has 3 aromatic rings. The third kappa shape index (κ3) is 4.35. The van der Waals surface area contributed by atoms with Crippen LogP contribution in [0.1, 0.15) is 36.9 Å². The van der Waals surface area contributed by atoms with Gasteiger partial charge in [-0.05, 0) is 42.3 Å². The fourth-order valence-electron chi connectivity index (χ4n) is 4.14. The van der Waals surface area contributed by atoms with Crippen molar-refractivity contribution in [3.63, 3.8) is 0 Å². The molecule has 5 rings (SSSR count). The summed E-state index contributed by atoms with van der Waals surface area (Å²) < 4.78 is 17.1. The third-order valence-corrected chi connectivity index (χ3v) is 6.60. The van der Waals surface area contributed by atoms with E-state index in [1.807, 2.05) is 12.1 Å². The van der Waals surface area contributed by atoms with Crippen LogP contribution in [0, 0.1) is 0 Å². The van der Waals surface area contributed by atoms with Gasteiger partial charge in [0.25, 0.3) is 5.78 Å². The van der Waals surface area contributed by atoms with Gasteiger partial charge in [0.1, 0.15) is 24.7 Å². The molecule has 8 nitrogen and oxygen atoms in total. The van der Waals surface area contributed by atoms with Crippen molar-refractivity contribution in [2.45, 2.75) is 25.8 Å². The number of aliphatic hydroxyl groups is 1. The van der Waals surface area contributed by atoms with Gasteiger partial charge in [-0.2, -0.15) is 0 Å². The number of Topliss-reactive ketones (excluding diaryl/α,β-unsaturated/α-hetero) is 1. The fraction of sp³-hybridized carbons (Fsp3) is 0.269. The first kappa shape index (κ1) is 22.9. The minimum atomic E-state index is -0.871. The monoisotopic (exact) mass is 492 g/mol. The van der Waals surface area contributed by atoms with Crippen LogP contribution in [0.3, 0.4) is 0 Å². The molecule has 0 radical (unpaired) electrons. The molecule has 1 aromatic heterocycles. The van der Waals surface area contributed by atoms with Crippen molar-refractivity contribution in [1.29, 1.82) is 0 Å². The lowest BCUT2D eigenvalue weighted by molar-refractivity contribution is -0.132. The van der Waals surface area contributed by atoms with Crippen LogP contribution >= 0.6 is 11.3 Å². The summed E-state index contributed by atoms with van der Waals surface area (Å²) in [7, 11) is 0. The van der Waals surface area contributed by atoms with Crippen molar-refractivity contribution >= 4 is 33.9 Å². The van der Waals surface area contributed by atoms with Gasteiger partial charge in [0, 0.05) is 17.1 Å². The number of fused-ring (bicyclic) bond motifs is 1. The minimum absolute atomic E-state index is 0.0208. The van der Waals surface area contributed by atoms with E-state index in [0.29, 0.717) is 53.3 Å². The SMILES string of the molecule is CCCCOc1cccc(C2C(=C(O)c3ccc4c(c3)OCCO4)C(=O)C(=O)N2c2nccs2)c1. The van der Waals surface area contributed by atoms with Crippen molar-refractivity contribution in [2.75, 3.05) is 24.7 Å². The molecule has 0 bridgehead atoms. The molecule has 35 heavy (non-hydrogen) atoms. The molecule has 1 N–H and O–H groups in total. The number of benzene rings is 2. The molecule has 1 fully saturated rings. The lowest BCUT2D eigenvalue weighted by Gasteiger charge is -2.23. The lowest BCUT2D eigenvalue weighted by Crippen LogP contribution is -2.29. The Labute approximate surface area is 206 Å². The number of hydrogen-bond donors (Lipinski definition) is 1. The van der Waals surface area contributed by atoms with Crippen LogP contribution in [0.15, 0.2) is 59.6 Å². The molecule has 0 spiro atoms. The molecule has 1 atom stereocenters. The highest BCUT2D eigenvalue weighted by atomic mass is 32.1. The zero-order valence-electron chi connectivity index (χ0n) is 19.1. The zero-order chi connectivity index (χ0) is 24.4. The number of nitrogens with zero attached hydrogens (tertiary/aromatic N) is 2. The Balaban J connectivity index is 1.62. The number of aliphatic hydroxyl groups excluding tert-OH is 1. The van der Waals surface area contributed by atoms with Crippen LogP contribution in [0.25, 0.3) is 5.76 Å². The van der Waals surface area contributed by atoms with E-state index in [0.717, 1.165) is 12.8 Å². The van der Waals surface area contributed by atoms with Crippen LogP contribution in [-0.4, -0.2) is 41.6 Å². The van der Waals surface area contributed by atoms with Gasteiger partial charge in [-0.15, -0.1) is 11.3 Å². The van der Waals surface area contributed by atoms with Crippen LogP contribution in [0.4, 0.5) is 5.13 Å². The number of aromatic nitrogens is 1. The molecule has 0 aliphatic carbocycles. The molecule has 2 aliphatic heterocycles. The Kier molecular flexibility index (Phi) is 6.41. The van der Waals surface area contributed by atoms with E-state index in [9.17, 15) is 14.7 Å². The van der Waals surface area contributed by atoms with Gasteiger partial charge in [0.15, 0.2) is 16.6 Å². The highest BCUT2D eigenvalue weighted by molar-refractivity contribution is 7.14. The topological polar surface area (TPSA) is 98.2 Å². The zero-order valence-corrected chi connectivity index (χ0v) is 19.9. The highest BCUT2D eigenvalue weighted by Crippen LogP contribution is 2.44. The number of ether oxygens (including phenoxy) is 3. The Morgan fingerprint density at radius 3 is 2.77 bits per heavy atom. The first-order valence-electron chi connectivity index (χ1n) is 11.4. The molecular formula is C26H24N2O6S. The van der Waals surface area contributed by atoms with Crippen LogP contribution in [-0.2, 0) is 9.59 Å². The number of thiazole rings is 1. The average Bonchev–Trinajstić information content (AvgIpc) is 3.50. The van der Waals surface area contributed by atoms with Gasteiger partial charge < -0.3 is 19.3 Å². The van der Waals surface area contributed by atoms with Gasteiger partial charge in [-0.1, -0.05) is 25.5 Å². The molecule has 1 amide bonds. The number of hydrogen-bond acceptors (Lipinski definition) is 8. The van der Waals surface area contributed by atoms with Gasteiger partial charge in [0.2, 0.25) is 0 Å². The summed E-state index contributed by atoms with van der Waals surface area (Å²) in [5, 5.41) is 13.4. The number of amides is 1. The quantitative estimate of drug-likeness (QED) is 0.221. The van der Waals surface area contributed by atoms with Gasteiger partial charge in [0.05, 0.1) is 18.2 Å². The molecule has 2 aliphatic rings. The maximum absolute atomic E-state index is 13.3. The number of ketones is 1. The van der Waals surface area contributed by atoms with Crippen LogP contribution in [0.5, 0.6) is 17.2 Å². The highest BCUT2D eigenvalue weighted by Gasteiger charge is 2.48. The summed E-state index contributed by atoms with van der Waals surface area (Å²) in [6.07, 6.45) is 3.48. The number of anilines is 1. The van der Waals surface area contributed by atoms with E-state index in [-0.39, 0.29) is 11.3 Å². The van der Waals surface area contributed by atoms with Crippen molar-refractivity contribution in [2.24, 2.45) is 0 Å². The predicted molar refractivity (Wildman–Crippen MR) is 131 cm³/mol. The first-order valence-corrected chi connectivity index (χ1v) is 12.3. The maximum atomic E-state index is 13.3. The Hall–Kier alpha value is -3.85. The average molecular weight is 493 g/mol. The number of unbranched alkanes of at least 4 members (excludes halogenated alkanes) is 1. The van der Waals surface area contributed by atoms with Gasteiger partial charge in [-0.3, -0.25) is 14.5 Å². The van der Waals surface area contributed by atoms with E-state index < -0.39 is 17.7 Å². The molecule has 2 aromatic carbocycles. The second kappa shape index (κ2) is 9.79. The number of carbonyl (C=O) groups excluding carboxylic acids is 2. The summed E-state index contributed by atoms with van der Waals surface area (Å²) in [6, 6.07) is 11.3. The summed E-state index contributed by atoms with van der Waals surface area (Å²) in [5.74, 6) is -0.167. The molecule has 180 valence electrons. The van der Waals surface area contributed by atoms with Crippen LogP contribution in [0.2, 0.25) is 0 Å². The van der Waals surface area contributed by atoms with Gasteiger partial charge >= 0.3 is 5.91 Å². The maximum Gasteiger partial charge on any atom is 0.301 e. The van der Waals surface area contributed by atoms with Crippen molar-refractivity contribution in [3.8, 4) is 17.2 Å². The third-order valence-electron chi connectivity index (χ3n) is 5.83. The van der Waals surface area contributed by atoms with Crippen molar-refractivity contribution in [1.82, 2.24) is 4.98 Å². The molecule has 0 saturated carbocycles.